The maximum atomic E-state index is 12.6. The molecule has 4 heteroatoms. The second-order valence-corrected chi connectivity index (χ2v) is 17.2. The maximum absolute atomic E-state index is 12.6. The molecule has 4 nitrogen and oxygen atoms in total. The first-order valence-corrected chi connectivity index (χ1v) is 24.2. The SMILES string of the molecule is CCCCCCCCCCCCCCCC(=O)OC/C=C(\C)CC/C=C(/CC/C=C(\C)CCC=C(C)C)COC(=O)CCCCCCCCCCCCCCC. The zero-order valence-corrected chi connectivity index (χ0v) is 38.4. The van der Waals surface area contributed by atoms with Gasteiger partial charge < -0.3 is 9.47 Å². The van der Waals surface area contributed by atoms with Crippen molar-refractivity contribution < 1.29 is 19.1 Å². The fourth-order valence-corrected chi connectivity index (χ4v) is 7.20. The summed E-state index contributed by atoms with van der Waals surface area (Å²) in [7, 11) is 0. The molecule has 0 aromatic heterocycles. The lowest BCUT2D eigenvalue weighted by atomic mass is 10.0. The van der Waals surface area contributed by atoms with E-state index in [9.17, 15) is 9.59 Å². The van der Waals surface area contributed by atoms with Crippen molar-refractivity contribution in [1.82, 2.24) is 0 Å². The molecule has 0 unspecified atom stereocenters. The van der Waals surface area contributed by atoms with Crippen LogP contribution in [0.15, 0.2) is 46.6 Å². The monoisotopic (exact) mass is 783 g/mol. The minimum atomic E-state index is -0.0795. The number of hydrogen-bond donors (Lipinski definition) is 0. The summed E-state index contributed by atoms with van der Waals surface area (Å²) in [5.41, 5.74) is 5.22. The number of allylic oxidation sites excluding steroid dienone is 6. The van der Waals surface area contributed by atoms with Crippen LogP contribution in [0.5, 0.6) is 0 Å². The third-order valence-corrected chi connectivity index (χ3v) is 11.1. The molecule has 0 spiro atoms. The number of carbonyl (C=O) groups is 2. The van der Waals surface area contributed by atoms with Gasteiger partial charge in [-0.1, -0.05) is 203 Å². The van der Waals surface area contributed by atoms with Gasteiger partial charge in [0.25, 0.3) is 0 Å². The highest BCUT2D eigenvalue weighted by atomic mass is 16.5. The van der Waals surface area contributed by atoms with Crippen molar-refractivity contribution in [3.63, 3.8) is 0 Å². The molecule has 0 aromatic carbocycles. The van der Waals surface area contributed by atoms with Gasteiger partial charge in [-0.2, -0.15) is 0 Å². The number of hydrogen-bond acceptors (Lipinski definition) is 4. The summed E-state index contributed by atoms with van der Waals surface area (Å²) in [6.45, 7) is 13.9. The van der Waals surface area contributed by atoms with Crippen molar-refractivity contribution in [3.05, 3.63) is 46.6 Å². The zero-order valence-electron chi connectivity index (χ0n) is 38.4. The second kappa shape index (κ2) is 42.5. The Kier molecular flexibility index (Phi) is 40.9. The quantitative estimate of drug-likeness (QED) is 0.0352. The first-order valence-electron chi connectivity index (χ1n) is 24.2. The smallest absolute Gasteiger partial charge is 0.306 e. The summed E-state index contributed by atoms with van der Waals surface area (Å²) in [6, 6.07) is 0. The van der Waals surface area contributed by atoms with E-state index in [1.807, 2.05) is 6.08 Å². The van der Waals surface area contributed by atoms with Crippen molar-refractivity contribution in [2.75, 3.05) is 13.2 Å². The first kappa shape index (κ1) is 53.9. The van der Waals surface area contributed by atoms with Gasteiger partial charge in [0.05, 0.1) is 0 Å². The molecule has 0 bridgehead atoms. The fraction of sp³-hybridized carbons (Fsp3) is 0.808. The highest BCUT2D eigenvalue weighted by Crippen LogP contribution is 2.17. The standard InChI is InChI=1S/C52H94O4/c1-7-9-11-13-15-17-19-21-23-25-27-29-31-42-51(53)55-45-44-49(6)39-35-41-50(40-34-38-48(5)37-33-36-47(3)4)46-56-52(54)43-32-30-28-26-24-22-20-18-16-14-12-10-8-2/h36,38,41,44H,7-35,37,39-40,42-43,45-46H2,1-6H3/b48-38+,49-44+,50-41-. The van der Waals surface area contributed by atoms with E-state index >= 15 is 0 Å². The molecule has 0 aliphatic carbocycles. The van der Waals surface area contributed by atoms with Gasteiger partial charge >= 0.3 is 11.9 Å². The number of unbranched alkanes of at least 4 members (excludes halogenated alkanes) is 24. The first-order chi connectivity index (χ1) is 27.3. The Morgan fingerprint density at radius 2 is 0.732 bits per heavy atom. The van der Waals surface area contributed by atoms with Crippen molar-refractivity contribution in [2.45, 2.75) is 260 Å². The van der Waals surface area contributed by atoms with Crippen molar-refractivity contribution >= 4 is 11.9 Å². The molecule has 0 aromatic rings. The number of rotatable bonds is 41. The minimum Gasteiger partial charge on any atom is -0.461 e. The van der Waals surface area contributed by atoms with Crippen LogP contribution in [-0.4, -0.2) is 25.2 Å². The normalized spacial score (nSPS) is 12.3. The minimum absolute atomic E-state index is 0.0656. The van der Waals surface area contributed by atoms with Crippen LogP contribution < -0.4 is 0 Å². The lowest BCUT2D eigenvalue weighted by Crippen LogP contribution is -2.08. The van der Waals surface area contributed by atoms with Crippen molar-refractivity contribution in [1.29, 1.82) is 0 Å². The molecule has 0 aliphatic heterocycles. The second-order valence-electron chi connectivity index (χ2n) is 17.2. The summed E-state index contributed by atoms with van der Waals surface area (Å²) in [4.78, 5) is 24.9. The van der Waals surface area contributed by atoms with E-state index in [2.05, 4.69) is 59.8 Å². The van der Waals surface area contributed by atoms with E-state index in [0.29, 0.717) is 26.1 Å². The van der Waals surface area contributed by atoms with Crippen LogP contribution >= 0.6 is 0 Å². The molecule has 0 fully saturated rings. The van der Waals surface area contributed by atoms with Crippen LogP contribution in [0.25, 0.3) is 0 Å². The predicted molar refractivity (Wildman–Crippen MR) is 245 cm³/mol. The molecule has 0 atom stereocenters. The van der Waals surface area contributed by atoms with Gasteiger partial charge in [-0.05, 0) is 90.7 Å². The van der Waals surface area contributed by atoms with Crippen LogP contribution in [0.1, 0.15) is 260 Å². The Labute approximate surface area is 349 Å². The van der Waals surface area contributed by atoms with Gasteiger partial charge in [0, 0.05) is 12.8 Å². The van der Waals surface area contributed by atoms with Gasteiger partial charge in [-0.15, -0.1) is 0 Å². The number of esters is 2. The van der Waals surface area contributed by atoms with Crippen LogP contribution in [0, 0.1) is 0 Å². The molecule has 0 saturated carbocycles. The topological polar surface area (TPSA) is 52.6 Å². The Balaban J connectivity index is 4.41. The van der Waals surface area contributed by atoms with Crippen molar-refractivity contribution in [3.8, 4) is 0 Å². The van der Waals surface area contributed by atoms with Crippen LogP contribution in [0.2, 0.25) is 0 Å². The van der Waals surface area contributed by atoms with E-state index in [1.54, 1.807) is 0 Å². The third kappa shape index (κ3) is 41.5. The van der Waals surface area contributed by atoms with Crippen LogP contribution in [-0.2, 0) is 19.1 Å². The molecule has 0 saturated heterocycles. The van der Waals surface area contributed by atoms with E-state index in [1.165, 1.54) is 164 Å². The third-order valence-electron chi connectivity index (χ3n) is 11.1. The summed E-state index contributed by atoms with van der Waals surface area (Å²) in [5.74, 6) is -0.145. The molecule has 0 heterocycles. The Morgan fingerprint density at radius 1 is 0.375 bits per heavy atom. The summed E-state index contributed by atoms with van der Waals surface area (Å²) in [5, 5.41) is 0. The van der Waals surface area contributed by atoms with E-state index in [0.717, 1.165) is 64.2 Å². The molecular weight excluding hydrogens is 689 g/mol. The number of ether oxygens (including phenoxy) is 2. The predicted octanol–water partition coefficient (Wildman–Crippen LogP) is 17.2. The van der Waals surface area contributed by atoms with Gasteiger partial charge in [0.2, 0.25) is 0 Å². The molecule has 0 N–H and O–H groups in total. The fourth-order valence-electron chi connectivity index (χ4n) is 7.20. The highest BCUT2D eigenvalue weighted by Gasteiger charge is 2.07. The molecule has 0 rings (SSSR count). The molecule has 0 aliphatic rings. The van der Waals surface area contributed by atoms with Gasteiger partial charge in [-0.3, -0.25) is 9.59 Å². The summed E-state index contributed by atoms with van der Waals surface area (Å²) < 4.78 is 11.3. The van der Waals surface area contributed by atoms with E-state index in [4.69, 9.17) is 9.47 Å². The molecule has 326 valence electrons. The maximum Gasteiger partial charge on any atom is 0.306 e. The van der Waals surface area contributed by atoms with E-state index in [-0.39, 0.29) is 11.9 Å². The average Bonchev–Trinajstić information content (AvgIpc) is 3.17. The van der Waals surface area contributed by atoms with Gasteiger partial charge in [0.15, 0.2) is 0 Å². The van der Waals surface area contributed by atoms with Crippen LogP contribution in [0.4, 0.5) is 0 Å². The molecular formula is C52H94O4. The summed E-state index contributed by atoms with van der Waals surface area (Å²) >= 11 is 0. The highest BCUT2D eigenvalue weighted by molar-refractivity contribution is 5.69. The van der Waals surface area contributed by atoms with Gasteiger partial charge in [0.1, 0.15) is 13.2 Å². The van der Waals surface area contributed by atoms with E-state index < -0.39 is 0 Å². The summed E-state index contributed by atoms with van der Waals surface area (Å²) in [6.07, 6.45) is 49.8. The Bertz CT molecular complexity index is 1030. The molecule has 0 amide bonds. The lowest BCUT2D eigenvalue weighted by molar-refractivity contribution is -0.143. The number of carbonyl (C=O) groups excluding carboxylic acids is 2. The van der Waals surface area contributed by atoms with Gasteiger partial charge in [-0.25, -0.2) is 0 Å². The lowest BCUT2D eigenvalue weighted by Gasteiger charge is -2.10. The zero-order chi connectivity index (χ0) is 41.2. The average molecular weight is 783 g/mol. The Hall–Kier alpha value is -2.10. The Morgan fingerprint density at radius 3 is 1.16 bits per heavy atom. The van der Waals surface area contributed by atoms with Crippen molar-refractivity contribution in [2.24, 2.45) is 0 Å². The largest absolute Gasteiger partial charge is 0.461 e. The van der Waals surface area contributed by atoms with Crippen LogP contribution in [0.3, 0.4) is 0 Å². The molecule has 0 radical (unpaired) electrons. The molecule has 56 heavy (non-hydrogen) atoms.